The van der Waals surface area contributed by atoms with Gasteiger partial charge in [-0.25, -0.2) is 0 Å². The number of amides is 1. The molecule has 2 rings (SSSR count). The number of carbonyl (C=O) groups excluding carboxylic acids is 2. The Balaban J connectivity index is 2.00. The summed E-state index contributed by atoms with van der Waals surface area (Å²) >= 11 is 11.7. The molecule has 0 unspecified atom stereocenters. The summed E-state index contributed by atoms with van der Waals surface area (Å²) in [5, 5.41) is 3.08. The number of nitrogens with one attached hydrogen (secondary N) is 1. The Morgan fingerprint density at radius 2 is 1.95 bits per heavy atom. The molecule has 0 fully saturated rings. The zero-order chi connectivity index (χ0) is 16.1. The molecule has 1 aromatic heterocycles. The summed E-state index contributed by atoms with van der Waals surface area (Å²) in [5.41, 5.74) is 0. The Bertz CT molecular complexity index is 698. The molecule has 0 spiro atoms. The lowest BCUT2D eigenvalue weighted by Crippen LogP contribution is -2.29. The van der Waals surface area contributed by atoms with Gasteiger partial charge in [0.25, 0.3) is 11.9 Å². The van der Waals surface area contributed by atoms with Crippen molar-refractivity contribution < 1.29 is 23.5 Å². The molecule has 1 N–H and O–H groups in total. The molecular formula is C14H11Cl2NO5. The van der Waals surface area contributed by atoms with Gasteiger partial charge in [-0.05, 0) is 18.2 Å². The molecule has 0 bridgehead atoms. The second-order valence-corrected chi connectivity index (χ2v) is 4.87. The van der Waals surface area contributed by atoms with Crippen LogP contribution < -0.4 is 10.1 Å². The van der Waals surface area contributed by atoms with Crippen molar-refractivity contribution in [3.05, 3.63) is 46.1 Å². The highest BCUT2D eigenvalue weighted by Gasteiger charge is 2.14. The number of esters is 1. The van der Waals surface area contributed by atoms with Crippen LogP contribution in [0.4, 0.5) is 0 Å². The van der Waals surface area contributed by atoms with Crippen LogP contribution in [0.1, 0.15) is 10.6 Å². The monoisotopic (exact) mass is 343 g/mol. The maximum absolute atomic E-state index is 11.7. The van der Waals surface area contributed by atoms with Crippen molar-refractivity contribution in [1.82, 2.24) is 5.32 Å². The van der Waals surface area contributed by atoms with Crippen LogP contribution in [0.2, 0.25) is 10.0 Å². The highest BCUT2D eigenvalue weighted by atomic mass is 35.5. The van der Waals surface area contributed by atoms with E-state index in [1.54, 1.807) is 12.1 Å². The van der Waals surface area contributed by atoms with E-state index in [0.717, 1.165) is 0 Å². The minimum Gasteiger partial charge on any atom is -0.468 e. The van der Waals surface area contributed by atoms with E-state index in [9.17, 15) is 9.59 Å². The summed E-state index contributed by atoms with van der Waals surface area (Å²) in [6.07, 6.45) is 0. The zero-order valence-electron chi connectivity index (χ0n) is 11.4. The molecule has 1 amide bonds. The molecule has 0 saturated carbocycles. The molecule has 0 atom stereocenters. The normalized spacial score (nSPS) is 10.1. The number of methoxy groups -OCH3 is 1. The van der Waals surface area contributed by atoms with Crippen molar-refractivity contribution in [1.29, 1.82) is 0 Å². The van der Waals surface area contributed by atoms with Gasteiger partial charge in [-0.3, -0.25) is 9.59 Å². The van der Waals surface area contributed by atoms with Crippen LogP contribution >= 0.6 is 23.2 Å². The zero-order valence-corrected chi connectivity index (χ0v) is 12.9. The first-order valence-corrected chi connectivity index (χ1v) is 6.83. The van der Waals surface area contributed by atoms with Crippen LogP contribution in [0.15, 0.2) is 34.7 Å². The Labute approximate surface area is 135 Å². The number of benzene rings is 1. The highest BCUT2D eigenvalue weighted by molar-refractivity contribution is 6.42. The third kappa shape index (κ3) is 4.16. The molecule has 22 heavy (non-hydrogen) atoms. The first-order valence-electron chi connectivity index (χ1n) is 6.07. The second-order valence-electron chi connectivity index (χ2n) is 4.06. The standard InChI is InChI=1S/C14H11Cl2NO5/c1-20-12(18)7-17-14(19)11-4-5-13(22-11)21-8-2-3-9(15)10(16)6-8/h2-6H,7H2,1H3,(H,17,19). The molecule has 0 aliphatic rings. The van der Waals surface area contributed by atoms with Gasteiger partial charge < -0.3 is 19.2 Å². The first kappa shape index (κ1) is 16.2. The van der Waals surface area contributed by atoms with Crippen LogP contribution in [-0.4, -0.2) is 25.5 Å². The third-order valence-electron chi connectivity index (χ3n) is 2.54. The second kappa shape index (κ2) is 7.20. The van der Waals surface area contributed by atoms with Gasteiger partial charge >= 0.3 is 5.97 Å². The van der Waals surface area contributed by atoms with E-state index in [2.05, 4.69) is 10.1 Å². The first-order chi connectivity index (χ1) is 10.5. The van der Waals surface area contributed by atoms with Gasteiger partial charge in [0.1, 0.15) is 12.3 Å². The Kier molecular flexibility index (Phi) is 5.30. The molecule has 0 saturated heterocycles. The quantitative estimate of drug-likeness (QED) is 0.843. The molecule has 1 heterocycles. The van der Waals surface area contributed by atoms with Gasteiger partial charge in [-0.2, -0.15) is 0 Å². The van der Waals surface area contributed by atoms with Crippen molar-refractivity contribution in [2.75, 3.05) is 13.7 Å². The Morgan fingerprint density at radius 1 is 1.18 bits per heavy atom. The molecule has 2 aromatic rings. The van der Waals surface area contributed by atoms with Crippen molar-refractivity contribution in [3.8, 4) is 11.7 Å². The predicted octanol–water partition coefficient (Wildman–Crippen LogP) is 3.28. The van der Waals surface area contributed by atoms with Gasteiger partial charge in [0.05, 0.1) is 17.2 Å². The van der Waals surface area contributed by atoms with E-state index >= 15 is 0 Å². The van der Waals surface area contributed by atoms with E-state index < -0.39 is 11.9 Å². The van der Waals surface area contributed by atoms with Crippen molar-refractivity contribution in [2.45, 2.75) is 0 Å². The molecule has 8 heteroatoms. The smallest absolute Gasteiger partial charge is 0.325 e. The summed E-state index contributed by atoms with van der Waals surface area (Å²) < 4.78 is 15.0. The minimum absolute atomic E-state index is 0.000960. The van der Waals surface area contributed by atoms with Crippen LogP contribution in [0, 0.1) is 0 Å². The van der Waals surface area contributed by atoms with Crippen molar-refractivity contribution >= 4 is 35.1 Å². The molecule has 6 nitrogen and oxygen atoms in total. The fourth-order valence-electron chi connectivity index (χ4n) is 1.47. The number of ether oxygens (including phenoxy) is 2. The van der Waals surface area contributed by atoms with Gasteiger partial charge in [0, 0.05) is 12.1 Å². The van der Waals surface area contributed by atoms with Crippen molar-refractivity contribution in [2.24, 2.45) is 0 Å². The van der Waals surface area contributed by atoms with E-state index in [4.69, 9.17) is 32.4 Å². The number of hydrogen-bond acceptors (Lipinski definition) is 5. The molecule has 1 aromatic carbocycles. The predicted molar refractivity (Wildman–Crippen MR) is 79.6 cm³/mol. The number of carbonyl (C=O) groups is 2. The lowest BCUT2D eigenvalue weighted by Gasteiger charge is -2.03. The van der Waals surface area contributed by atoms with Gasteiger partial charge in [0.2, 0.25) is 0 Å². The molecule has 0 radical (unpaired) electrons. The van der Waals surface area contributed by atoms with Crippen LogP contribution in [0.5, 0.6) is 11.7 Å². The van der Waals surface area contributed by atoms with Gasteiger partial charge in [-0.15, -0.1) is 0 Å². The van der Waals surface area contributed by atoms with Gasteiger partial charge in [-0.1, -0.05) is 23.2 Å². The summed E-state index contributed by atoms with van der Waals surface area (Å²) in [4.78, 5) is 22.7. The SMILES string of the molecule is COC(=O)CNC(=O)c1ccc(Oc2ccc(Cl)c(Cl)c2)o1. The van der Waals surface area contributed by atoms with E-state index in [-0.39, 0.29) is 18.3 Å². The number of halogens is 2. The van der Waals surface area contributed by atoms with E-state index in [0.29, 0.717) is 15.8 Å². The van der Waals surface area contributed by atoms with Crippen molar-refractivity contribution in [3.63, 3.8) is 0 Å². The maximum Gasteiger partial charge on any atom is 0.325 e. The fraction of sp³-hybridized carbons (Fsp3) is 0.143. The minimum atomic E-state index is -0.563. The summed E-state index contributed by atoms with van der Waals surface area (Å²) in [6.45, 7) is -0.251. The maximum atomic E-state index is 11.7. The van der Waals surface area contributed by atoms with E-state index in [1.165, 1.54) is 25.3 Å². The van der Waals surface area contributed by atoms with Gasteiger partial charge in [0.15, 0.2) is 5.76 Å². The van der Waals surface area contributed by atoms with Crippen LogP contribution in [0.25, 0.3) is 0 Å². The molecule has 116 valence electrons. The summed E-state index contributed by atoms with van der Waals surface area (Å²) in [6, 6.07) is 7.58. The third-order valence-corrected chi connectivity index (χ3v) is 3.27. The summed E-state index contributed by atoms with van der Waals surface area (Å²) in [5.74, 6) is -0.618. The molecule has 0 aliphatic carbocycles. The Morgan fingerprint density at radius 3 is 2.64 bits per heavy atom. The van der Waals surface area contributed by atoms with Crippen LogP contribution in [0.3, 0.4) is 0 Å². The highest BCUT2D eigenvalue weighted by Crippen LogP contribution is 2.30. The lowest BCUT2D eigenvalue weighted by atomic mass is 10.3. The lowest BCUT2D eigenvalue weighted by molar-refractivity contribution is -0.139. The largest absolute Gasteiger partial charge is 0.468 e. The number of furan rings is 1. The average Bonchev–Trinajstić information content (AvgIpc) is 2.96. The molecular weight excluding hydrogens is 333 g/mol. The molecule has 0 aliphatic heterocycles. The van der Waals surface area contributed by atoms with Crippen LogP contribution in [-0.2, 0) is 9.53 Å². The average molecular weight is 344 g/mol. The van der Waals surface area contributed by atoms with E-state index in [1.807, 2.05) is 0 Å². The topological polar surface area (TPSA) is 77.8 Å². The summed E-state index contributed by atoms with van der Waals surface area (Å²) in [7, 11) is 1.23. The fourth-order valence-corrected chi connectivity index (χ4v) is 1.75. The number of hydrogen-bond donors (Lipinski definition) is 1. The number of rotatable bonds is 5. The Hall–Kier alpha value is -2.18.